The summed E-state index contributed by atoms with van der Waals surface area (Å²) in [6.45, 7) is 3.52. The van der Waals surface area contributed by atoms with Crippen molar-refractivity contribution in [3.05, 3.63) is 58.3 Å². The number of rotatable bonds is 3. The second kappa shape index (κ2) is 6.99. The van der Waals surface area contributed by atoms with Crippen molar-refractivity contribution in [3.8, 4) is 0 Å². The number of pyridine rings is 1. The predicted molar refractivity (Wildman–Crippen MR) is 96.5 cm³/mol. The Balaban J connectivity index is 1.52. The van der Waals surface area contributed by atoms with E-state index in [2.05, 4.69) is 15.0 Å². The number of nitrogens with zero attached hydrogens (tertiary/aromatic N) is 5. The van der Waals surface area contributed by atoms with Crippen molar-refractivity contribution in [3.63, 3.8) is 0 Å². The van der Waals surface area contributed by atoms with E-state index in [1.54, 1.807) is 7.05 Å². The van der Waals surface area contributed by atoms with E-state index in [1.807, 2.05) is 29.4 Å². The molecule has 3 saturated heterocycles. The van der Waals surface area contributed by atoms with E-state index in [1.165, 1.54) is 22.4 Å². The summed E-state index contributed by atoms with van der Waals surface area (Å²) in [5, 5.41) is 4.14. The Morgan fingerprint density at radius 1 is 1.12 bits per heavy atom. The van der Waals surface area contributed by atoms with Crippen molar-refractivity contribution in [2.45, 2.75) is 25.4 Å². The normalized spacial score (nSPS) is 23.0. The van der Waals surface area contributed by atoms with Crippen molar-refractivity contribution in [1.82, 2.24) is 24.6 Å². The van der Waals surface area contributed by atoms with Gasteiger partial charge in [0.1, 0.15) is 5.69 Å². The fraction of sp³-hybridized carbons (Fsp3) is 0.474. The lowest BCUT2D eigenvalue weighted by molar-refractivity contribution is 0.0576. The van der Waals surface area contributed by atoms with Gasteiger partial charge in [-0.2, -0.15) is 5.10 Å². The number of hydrogen-bond donors (Lipinski definition) is 0. The van der Waals surface area contributed by atoms with E-state index in [0.717, 1.165) is 39.0 Å². The Morgan fingerprint density at radius 3 is 2.69 bits per heavy atom. The fourth-order valence-electron chi connectivity index (χ4n) is 4.07. The van der Waals surface area contributed by atoms with Gasteiger partial charge in [0.25, 0.3) is 11.5 Å². The molecule has 3 aliphatic heterocycles. The molecule has 7 nitrogen and oxygen atoms in total. The minimum absolute atomic E-state index is 0.0685. The minimum atomic E-state index is -0.206. The number of hydrogen-bond acceptors (Lipinski definition) is 5. The molecule has 3 fully saturated rings. The van der Waals surface area contributed by atoms with Crippen LogP contribution in [-0.2, 0) is 13.6 Å². The van der Waals surface area contributed by atoms with Gasteiger partial charge in [-0.05, 0) is 42.5 Å². The number of aromatic nitrogens is 3. The number of aryl methyl sites for hydroxylation is 1. The maximum absolute atomic E-state index is 13.0. The summed E-state index contributed by atoms with van der Waals surface area (Å²) in [5.74, 6) is 0.410. The zero-order valence-corrected chi connectivity index (χ0v) is 14.9. The van der Waals surface area contributed by atoms with Gasteiger partial charge in [0.2, 0.25) is 0 Å². The molecule has 7 heteroatoms. The SMILES string of the molecule is Cn1nc(C(=O)N2C[C@H]3CC[C@@H]2CN(Cc2ccncc2)C3)ccc1=O. The fourth-order valence-corrected chi connectivity index (χ4v) is 4.07. The second-order valence-electron chi connectivity index (χ2n) is 7.28. The van der Waals surface area contributed by atoms with Crippen molar-refractivity contribution in [2.75, 3.05) is 19.6 Å². The lowest BCUT2D eigenvalue weighted by Crippen LogP contribution is -2.47. The van der Waals surface area contributed by atoms with Gasteiger partial charge < -0.3 is 4.90 Å². The summed E-state index contributed by atoms with van der Waals surface area (Å²) in [7, 11) is 1.57. The second-order valence-corrected chi connectivity index (χ2v) is 7.28. The average Bonchev–Trinajstić information content (AvgIpc) is 2.95. The molecule has 26 heavy (non-hydrogen) atoms. The highest BCUT2D eigenvalue weighted by Gasteiger charge is 2.37. The van der Waals surface area contributed by atoms with Crippen LogP contribution < -0.4 is 5.56 Å². The van der Waals surface area contributed by atoms with Gasteiger partial charge in [-0.15, -0.1) is 0 Å². The first-order chi connectivity index (χ1) is 12.6. The first kappa shape index (κ1) is 16.9. The van der Waals surface area contributed by atoms with Crippen LogP contribution in [0.15, 0.2) is 41.5 Å². The van der Waals surface area contributed by atoms with E-state index in [9.17, 15) is 9.59 Å². The monoisotopic (exact) mass is 353 g/mol. The highest BCUT2D eigenvalue weighted by molar-refractivity contribution is 5.92. The molecular formula is C19H23N5O2. The molecule has 0 unspecified atom stereocenters. The van der Waals surface area contributed by atoms with Crippen LogP contribution in [0.1, 0.15) is 28.9 Å². The van der Waals surface area contributed by atoms with E-state index < -0.39 is 0 Å². The van der Waals surface area contributed by atoms with Gasteiger partial charge in [-0.1, -0.05) is 0 Å². The Morgan fingerprint density at radius 2 is 1.92 bits per heavy atom. The molecule has 136 valence electrons. The molecular weight excluding hydrogens is 330 g/mol. The third-order valence-electron chi connectivity index (χ3n) is 5.39. The Bertz CT molecular complexity index is 851. The Kier molecular flexibility index (Phi) is 4.55. The molecule has 2 bridgehead atoms. The molecule has 2 aromatic rings. The molecule has 0 spiro atoms. The molecule has 0 aliphatic carbocycles. The summed E-state index contributed by atoms with van der Waals surface area (Å²) < 4.78 is 1.22. The molecule has 0 N–H and O–H groups in total. The minimum Gasteiger partial charge on any atom is -0.333 e. The van der Waals surface area contributed by atoms with E-state index in [4.69, 9.17) is 0 Å². The van der Waals surface area contributed by atoms with Crippen LogP contribution >= 0.6 is 0 Å². The van der Waals surface area contributed by atoms with Crippen LogP contribution in [0.25, 0.3) is 0 Å². The van der Waals surface area contributed by atoms with Crippen LogP contribution in [0.2, 0.25) is 0 Å². The quantitative estimate of drug-likeness (QED) is 0.820. The molecule has 1 amide bonds. The largest absolute Gasteiger partial charge is 0.333 e. The molecule has 2 aromatic heterocycles. The molecule has 3 aliphatic rings. The Hall–Kier alpha value is -2.54. The predicted octanol–water partition coefficient (Wildman–Crippen LogP) is 0.912. The molecule has 0 aromatic carbocycles. The number of carbonyl (C=O) groups excluding carboxylic acids is 1. The summed E-state index contributed by atoms with van der Waals surface area (Å²) in [6.07, 6.45) is 5.82. The maximum atomic E-state index is 13.0. The third-order valence-corrected chi connectivity index (χ3v) is 5.39. The van der Waals surface area contributed by atoms with Gasteiger partial charge >= 0.3 is 0 Å². The van der Waals surface area contributed by atoms with Crippen LogP contribution in [0, 0.1) is 5.92 Å². The Labute approximate surface area is 152 Å². The zero-order chi connectivity index (χ0) is 18.1. The van der Waals surface area contributed by atoms with Gasteiger partial charge in [-0.25, -0.2) is 4.68 Å². The topological polar surface area (TPSA) is 71.3 Å². The lowest BCUT2D eigenvalue weighted by atomic mass is 9.94. The van der Waals surface area contributed by atoms with Crippen molar-refractivity contribution < 1.29 is 4.79 Å². The van der Waals surface area contributed by atoms with Crippen LogP contribution in [-0.4, -0.2) is 56.1 Å². The molecule has 0 saturated carbocycles. The maximum Gasteiger partial charge on any atom is 0.274 e. The van der Waals surface area contributed by atoms with Gasteiger partial charge in [0, 0.05) is 57.7 Å². The van der Waals surface area contributed by atoms with Crippen LogP contribution in [0.5, 0.6) is 0 Å². The van der Waals surface area contributed by atoms with Crippen molar-refractivity contribution in [1.29, 1.82) is 0 Å². The van der Waals surface area contributed by atoms with Crippen molar-refractivity contribution >= 4 is 5.91 Å². The van der Waals surface area contributed by atoms with Crippen LogP contribution in [0.4, 0.5) is 0 Å². The molecule has 5 heterocycles. The van der Waals surface area contributed by atoms with E-state index in [0.29, 0.717) is 11.6 Å². The van der Waals surface area contributed by atoms with E-state index in [-0.39, 0.29) is 17.5 Å². The molecule has 2 atom stereocenters. The summed E-state index contributed by atoms with van der Waals surface area (Å²) in [5.41, 5.74) is 1.39. The van der Waals surface area contributed by atoms with Gasteiger partial charge in [-0.3, -0.25) is 19.5 Å². The molecule has 5 rings (SSSR count). The average molecular weight is 353 g/mol. The number of fused-ring (bicyclic) bond motifs is 4. The summed E-state index contributed by atoms with van der Waals surface area (Å²) in [4.78, 5) is 33.0. The van der Waals surface area contributed by atoms with E-state index >= 15 is 0 Å². The number of amides is 1. The highest BCUT2D eigenvalue weighted by Crippen LogP contribution is 2.29. The first-order valence-corrected chi connectivity index (χ1v) is 9.07. The number of carbonyl (C=O) groups is 1. The van der Waals surface area contributed by atoms with Gasteiger partial charge in [0.05, 0.1) is 0 Å². The summed E-state index contributed by atoms with van der Waals surface area (Å²) >= 11 is 0. The zero-order valence-electron chi connectivity index (χ0n) is 14.9. The van der Waals surface area contributed by atoms with Gasteiger partial charge in [0.15, 0.2) is 0 Å². The smallest absolute Gasteiger partial charge is 0.274 e. The summed E-state index contributed by atoms with van der Waals surface area (Å²) in [6, 6.07) is 7.24. The van der Waals surface area contributed by atoms with Crippen LogP contribution in [0.3, 0.4) is 0 Å². The highest BCUT2D eigenvalue weighted by atomic mass is 16.2. The first-order valence-electron chi connectivity index (χ1n) is 9.07. The van der Waals surface area contributed by atoms with Crippen molar-refractivity contribution in [2.24, 2.45) is 13.0 Å². The molecule has 0 radical (unpaired) electrons. The lowest BCUT2D eigenvalue weighted by Gasteiger charge is -2.36. The standard InChI is InChI=1S/C19H23N5O2/c1-22-18(25)5-4-17(21-22)19(26)24-12-15-2-3-16(24)13-23(11-15)10-14-6-8-20-9-7-14/h4-9,15-16H,2-3,10-13H2,1H3/t15-,16+/m0/s1. The number of piperidine rings is 1. The third kappa shape index (κ3) is 3.39.